The van der Waals surface area contributed by atoms with Crippen LogP contribution in [0.15, 0.2) is 24.4 Å². The first-order valence-corrected chi connectivity index (χ1v) is 9.23. The third-order valence-electron chi connectivity index (χ3n) is 5.43. The van der Waals surface area contributed by atoms with Gasteiger partial charge < -0.3 is 4.90 Å². The molecule has 0 unspecified atom stereocenters. The van der Waals surface area contributed by atoms with Crippen molar-refractivity contribution in [2.24, 2.45) is 0 Å². The Kier molecular flexibility index (Phi) is 5.65. The van der Waals surface area contributed by atoms with Gasteiger partial charge in [0.25, 0.3) is 0 Å². The van der Waals surface area contributed by atoms with Gasteiger partial charge in [0.15, 0.2) is 0 Å². The van der Waals surface area contributed by atoms with Crippen molar-refractivity contribution in [3.8, 4) is 0 Å². The SMILES string of the molecule is CCN1CCC[C@H]1[C@H]1CCCN1C(=O)CCCc1ccccn1. The van der Waals surface area contributed by atoms with Gasteiger partial charge in [-0.2, -0.15) is 0 Å². The van der Waals surface area contributed by atoms with Crippen LogP contribution in [-0.4, -0.2) is 52.4 Å². The molecule has 0 bridgehead atoms. The van der Waals surface area contributed by atoms with Gasteiger partial charge in [-0.25, -0.2) is 0 Å². The zero-order chi connectivity index (χ0) is 16.1. The van der Waals surface area contributed by atoms with Gasteiger partial charge in [-0.1, -0.05) is 13.0 Å². The first-order valence-electron chi connectivity index (χ1n) is 9.23. The number of rotatable bonds is 6. The van der Waals surface area contributed by atoms with Crippen molar-refractivity contribution in [2.75, 3.05) is 19.6 Å². The molecule has 4 nitrogen and oxygen atoms in total. The highest BCUT2D eigenvalue weighted by Crippen LogP contribution is 2.30. The molecule has 0 spiro atoms. The van der Waals surface area contributed by atoms with E-state index in [4.69, 9.17) is 0 Å². The van der Waals surface area contributed by atoms with Crippen LogP contribution in [0.3, 0.4) is 0 Å². The van der Waals surface area contributed by atoms with Gasteiger partial charge in [0.05, 0.1) is 0 Å². The fourth-order valence-electron chi connectivity index (χ4n) is 4.29. The molecule has 2 fully saturated rings. The van der Waals surface area contributed by atoms with Gasteiger partial charge in [-0.15, -0.1) is 0 Å². The number of aryl methyl sites for hydroxylation is 1. The molecule has 0 aromatic carbocycles. The number of carbonyl (C=O) groups is 1. The summed E-state index contributed by atoms with van der Waals surface area (Å²) in [5.41, 5.74) is 1.09. The lowest BCUT2D eigenvalue weighted by molar-refractivity contribution is -0.133. The summed E-state index contributed by atoms with van der Waals surface area (Å²) in [6.45, 7) is 5.52. The Morgan fingerprint density at radius 2 is 2.04 bits per heavy atom. The van der Waals surface area contributed by atoms with Gasteiger partial charge in [-0.05, 0) is 63.7 Å². The third kappa shape index (κ3) is 3.92. The van der Waals surface area contributed by atoms with Gasteiger partial charge in [0, 0.05) is 36.9 Å². The molecule has 2 saturated heterocycles. The number of likely N-dealkylation sites (tertiary alicyclic amines) is 2. The monoisotopic (exact) mass is 315 g/mol. The quantitative estimate of drug-likeness (QED) is 0.810. The molecule has 0 radical (unpaired) electrons. The molecule has 2 aliphatic heterocycles. The van der Waals surface area contributed by atoms with Crippen molar-refractivity contribution < 1.29 is 4.79 Å². The van der Waals surface area contributed by atoms with Gasteiger partial charge in [0.1, 0.15) is 0 Å². The lowest BCUT2D eigenvalue weighted by atomic mass is 10.0. The minimum absolute atomic E-state index is 0.353. The largest absolute Gasteiger partial charge is 0.338 e. The van der Waals surface area contributed by atoms with E-state index in [2.05, 4.69) is 21.7 Å². The van der Waals surface area contributed by atoms with Crippen LogP contribution >= 0.6 is 0 Å². The number of pyridine rings is 1. The van der Waals surface area contributed by atoms with Crippen LogP contribution in [0.2, 0.25) is 0 Å². The molecule has 3 rings (SSSR count). The summed E-state index contributed by atoms with van der Waals surface area (Å²) in [7, 11) is 0. The average molecular weight is 315 g/mol. The Hall–Kier alpha value is -1.42. The second kappa shape index (κ2) is 7.91. The van der Waals surface area contributed by atoms with Crippen LogP contribution in [-0.2, 0) is 11.2 Å². The van der Waals surface area contributed by atoms with E-state index < -0.39 is 0 Å². The predicted octanol–water partition coefficient (Wildman–Crippen LogP) is 2.88. The molecule has 3 heterocycles. The number of likely N-dealkylation sites (N-methyl/N-ethyl adjacent to an activating group) is 1. The molecule has 2 atom stereocenters. The van der Waals surface area contributed by atoms with Crippen LogP contribution in [0.25, 0.3) is 0 Å². The van der Waals surface area contributed by atoms with Crippen molar-refractivity contribution >= 4 is 5.91 Å². The van der Waals surface area contributed by atoms with E-state index in [-0.39, 0.29) is 0 Å². The maximum absolute atomic E-state index is 12.7. The first-order chi connectivity index (χ1) is 11.3. The summed E-state index contributed by atoms with van der Waals surface area (Å²) in [5.74, 6) is 0.353. The van der Waals surface area contributed by atoms with E-state index in [1.807, 2.05) is 24.4 Å². The molecule has 1 amide bonds. The predicted molar refractivity (Wildman–Crippen MR) is 92.2 cm³/mol. The smallest absolute Gasteiger partial charge is 0.222 e. The molecule has 23 heavy (non-hydrogen) atoms. The van der Waals surface area contributed by atoms with E-state index in [0.717, 1.165) is 31.6 Å². The molecule has 0 aliphatic carbocycles. The molecule has 1 aromatic heterocycles. The molecule has 0 saturated carbocycles. The Bertz CT molecular complexity index is 505. The number of aromatic nitrogens is 1. The Labute approximate surface area is 139 Å². The van der Waals surface area contributed by atoms with Crippen molar-refractivity contribution in [3.05, 3.63) is 30.1 Å². The Balaban J connectivity index is 1.52. The maximum Gasteiger partial charge on any atom is 0.222 e. The lowest BCUT2D eigenvalue weighted by Crippen LogP contribution is -2.48. The minimum Gasteiger partial charge on any atom is -0.338 e. The second-order valence-electron chi connectivity index (χ2n) is 6.81. The zero-order valence-electron chi connectivity index (χ0n) is 14.3. The normalized spacial score (nSPS) is 25.2. The van der Waals surface area contributed by atoms with E-state index in [1.54, 1.807) is 0 Å². The lowest BCUT2D eigenvalue weighted by Gasteiger charge is -2.34. The summed E-state index contributed by atoms with van der Waals surface area (Å²) in [4.78, 5) is 21.8. The van der Waals surface area contributed by atoms with Gasteiger partial charge in [-0.3, -0.25) is 14.7 Å². The first kappa shape index (κ1) is 16.4. The van der Waals surface area contributed by atoms with Crippen LogP contribution in [0, 0.1) is 0 Å². The van der Waals surface area contributed by atoms with Crippen LogP contribution in [0.1, 0.15) is 51.1 Å². The van der Waals surface area contributed by atoms with Crippen molar-refractivity contribution in [3.63, 3.8) is 0 Å². The van der Waals surface area contributed by atoms with E-state index in [0.29, 0.717) is 24.4 Å². The van der Waals surface area contributed by atoms with Crippen molar-refractivity contribution in [2.45, 2.75) is 64.0 Å². The molecule has 0 N–H and O–H groups in total. The summed E-state index contributed by atoms with van der Waals surface area (Å²) in [5, 5.41) is 0. The van der Waals surface area contributed by atoms with Crippen LogP contribution in [0.5, 0.6) is 0 Å². The van der Waals surface area contributed by atoms with E-state index in [1.165, 1.54) is 32.2 Å². The molecule has 2 aliphatic rings. The number of carbonyl (C=O) groups excluding carboxylic acids is 1. The molecule has 126 valence electrons. The second-order valence-corrected chi connectivity index (χ2v) is 6.81. The molecule has 1 aromatic rings. The van der Waals surface area contributed by atoms with Crippen LogP contribution < -0.4 is 0 Å². The molecular formula is C19H29N3O. The van der Waals surface area contributed by atoms with Gasteiger partial charge in [0.2, 0.25) is 5.91 Å². The highest BCUT2D eigenvalue weighted by atomic mass is 16.2. The Morgan fingerprint density at radius 1 is 1.22 bits per heavy atom. The number of nitrogens with zero attached hydrogens (tertiary/aromatic N) is 3. The number of hydrogen-bond acceptors (Lipinski definition) is 3. The Morgan fingerprint density at radius 3 is 2.83 bits per heavy atom. The topological polar surface area (TPSA) is 36.4 Å². The number of amides is 1. The fourth-order valence-corrected chi connectivity index (χ4v) is 4.29. The summed E-state index contributed by atoms with van der Waals surface area (Å²) < 4.78 is 0. The minimum atomic E-state index is 0.353. The molecule has 4 heteroatoms. The fraction of sp³-hybridized carbons (Fsp3) is 0.684. The summed E-state index contributed by atoms with van der Waals surface area (Å²) in [6, 6.07) is 7.05. The van der Waals surface area contributed by atoms with Gasteiger partial charge >= 0.3 is 0 Å². The standard InChI is InChI=1S/C19H29N3O/c1-2-21-14-6-10-17(21)18-11-7-15-22(18)19(23)12-5-9-16-8-3-4-13-20-16/h3-4,8,13,17-18H,2,5-7,9-12,14-15H2,1H3/t17-,18+/m0/s1. The zero-order valence-corrected chi connectivity index (χ0v) is 14.3. The van der Waals surface area contributed by atoms with E-state index >= 15 is 0 Å². The maximum atomic E-state index is 12.7. The van der Waals surface area contributed by atoms with Crippen LogP contribution in [0.4, 0.5) is 0 Å². The van der Waals surface area contributed by atoms with Crippen molar-refractivity contribution in [1.82, 2.24) is 14.8 Å². The highest BCUT2D eigenvalue weighted by molar-refractivity contribution is 5.77. The third-order valence-corrected chi connectivity index (χ3v) is 5.43. The highest BCUT2D eigenvalue weighted by Gasteiger charge is 2.38. The van der Waals surface area contributed by atoms with Crippen molar-refractivity contribution in [1.29, 1.82) is 0 Å². The number of hydrogen-bond donors (Lipinski definition) is 0. The van der Waals surface area contributed by atoms with E-state index in [9.17, 15) is 4.79 Å². The molecular weight excluding hydrogens is 286 g/mol. The average Bonchev–Trinajstić information content (AvgIpc) is 3.24. The summed E-state index contributed by atoms with van der Waals surface area (Å²) >= 11 is 0. The summed E-state index contributed by atoms with van der Waals surface area (Å²) in [6.07, 6.45) is 9.20.